The van der Waals surface area contributed by atoms with Gasteiger partial charge in [0.2, 0.25) is 0 Å². The first kappa shape index (κ1) is 9.32. The lowest BCUT2D eigenvalue weighted by Gasteiger charge is -2.01. The lowest BCUT2D eigenvalue weighted by atomic mass is 10.3. The van der Waals surface area contributed by atoms with Gasteiger partial charge in [-0.2, -0.15) is 13.2 Å². The van der Waals surface area contributed by atoms with Gasteiger partial charge in [0, 0.05) is 9.41 Å². The molecular weight excluding hydrogens is 185 g/mol. The third-order valence-corrected chi connectivity index (χ3v) is 2.36. The summed E-state index contributed by atoms with van der Waals surface area (Å²) < 4.78 is 36.2. The van der Waals surface area contributed by atoms with Crippen LogP contribution < -0.4 is 9.75 Å². The Balaban J connectivity index is 2.92. The molecule has 0 aliphatic heterocycles. The number of rotatable bonds is 1. The Hall–Kier alpha value is -0.770. The fraction of sp³-hybridized carbons (Fsp3) is 0.250. The van der Waals surface area contributed by atoms with Crippen molar-refractivity contribution in [3.8, 4) is 0 Å². The van der Waals surface area contributed by atoms with Crippen LogP contribution in [0.1, 0.15) is 4.88 Å². The summed E-state index contributed by atoms with van der Waals surface area (Å²) in [6.45, 7) is 7.11. The normalized spacial score (nSPS) is 11.9. The van der Waals surface area contributed by atoms with E-state index < -0.39 is 12.6 Å². The van der Waals surface area contributed by atoms with E-state index in [4.69, 9.17) is 0 Å². The molecule has 0 bridgehead atoms. The molecule has 0 nitrogen and oxygen atoms in total. The van der Waals surface area contributed by atoms with Crippen LogP contribution in [0.15, 0.2) is 6.07 Å². The average molecular weight is 192 g/mol. The van der Waals surface area contributed by atoms with Gasteiger partial charge in [-0.1, -0.05) is 13.2 Å². The summed E-state index contributed by atoms with van der Waals surface area (Å²) >= 11 is 1.05. The third kappa shape index (κ3) is 2.37. The van der Waals surface area contributed by atoms with Crippen molar-refractivity contribution in [1.82, 2.24) is 0 Å². The van der Waals surface area contributed by atoms with Crippen molar-refractivity contribution in [3.63, 3.8) is 0 Å². The fourth-order valence-electron chi connectivity index (χ4n) is 0.813. The Labute approximate surface area is 71.6 Å². The lowest BCUT2D eigenvalue weighted by Crippen LogP contribution is -2.12. The van der Waals surface area contributed by atoms with Crippen molar-refractivity contribution in [2.75, 3.05) is 0 Å². The Morgan fingerprint density at radius 1 is 1.33 bits per heavy atom. The molecular formula is C8H7F3S. The molecule has 12 heavy (non-hydrogen) atoms. The van der Waals surface area contributed by atoms with Crippen LogP contribution in [0.5, 0.6) is 0 Å². The van der Waals surface area contributed by atoms with Gasteiger partial charge in [-0.25, -0.2) is 0 Å². The van der Waals surface area contributed by atoms with E-state index >= 15 is 0 Å². The van der Waals surface area contributed by atoms with Gasteiger partial charge in [-0.15, -0.1) is 11.3 Å². The first-order valence-electron chi connectivity index (χ1n) is 3.22. The molecule has 1 heterocycles. The van der Waals surface area contributed by atoms with E-state index in [9.17, 15) is 13.2 Å². The predicted octanol–water partition coefficient (Wildman–Crippen LogP) is 1.67. The standard InChI is InChI=1S/C8H7F3S/c1-5-3-7(12-6(5)2)4-8(9,10)11/h3H,1-2,4H2. The molecule has 1 aromatic heterocycles. The fourth-order valence-corrected chi connectivity index (χ4v) is 1.76. The Bertz CT molecular complexity index is 333. The number of halogens is 3. The molecule has 4 heteroatoms. The maximum absolute atomic E-state index is 11.8. The molecule has 1 aromatic rings. The van der Waals surface area contributed by atoms with Crippen LogP contribution in [0.4, 0.5) is 13.2 Å². The highest BCUT2D eigenvalue weighted by Gasteiger charge is 2.28. The SMILES string of the molecule is C=c1cc(CC(F)(F)F)sc1=C. The minimum absolute atomic E-state index is 0.275. The molecule has 0 spiro atoms. The van der Waals surface area contributed by atoms with Crippen LogP contribution >= 0.6 is 11.3 Å². The number of thiophene rings is 1. The minimum Gasteiger partial charge on any atom is -0.171 e. The highest BCUT2D eigenvalue weighted by Crippen LogP contribution is 2.21. The summed E-state index contributed by atoms with van der Waals surface area (Å²) in [7, 11) is 0. The van der Waals surface area contributed by atoms with Gasteiger partial charge in [0.05, 0.1) is 6.42 Å². The van der Waals surface area contributed by atoms with Crippen molar-refractivity contribution in [3.05, 3.63) is 20.7 Å². The van der Waals surface area contributed by atoms with Gasteiger partial charge < -0.3 is 0 Å². The highest BCUT2D eigenvalue weighted by molar-refractivity contribution is 7.09. The Morgan fingerprint density at radius 2 is 1.92 bits per heavy atom. The van der Waals surface area contributed by atoms with Gasteiger partial charge in [-0.3, -0.25) is 0 Å². The molecule has 0 radical (unpaired) electrons. The van der Waals surface area contributed by atoms with Crippen LogP contribution in [0.3, 0.4) is 0 Å². The molecule has 0 amide bonds. The molecule has 66 valence electrons. The zero-order chi connectivity index (χ0) is 9.35. The van der Waals surface area contributed by atoms with Crippen molar-refractivity contribution in [2.45, 2.75) is 12.6 Å². The predicted molar refractivity (Wildman–Crippen MR) is 44.4 cm³/mol. The Morgan fingerprint density at radius 3 is 2.25 bits per heavy atom. The minimum atomic E-state index is -4.14. The van der Waals surface area contributed by atoms with Crippen LogP contribution in [0.2, 0.25) is 0 Å². The van der Waals surface area contributed by atoms with Gasteiger partial charge in [-0.05, 0) is 11.3 Å². The second-order valence-corrected chi connectivity index (χ2v) is 3.67. The third-order valence-electron chi connectivity index (χ3n) is 1.32. The number of alkyl halides is 3. The summed E-state index contributed by atoms with van der Waals surface area (Å²) in [5.41, 5.74) is 0. The lowest BCUT2D eigenvalue weighted by molar-refractivity contribution is -0.126. The number of hydrogen-bond acceptors (Lipinski definition) is 1. The topological polar surface area (TPSA) is 0 Å². The monoisotopic (exact) mass is 192 g/mol. The van der Waals surface area contributed by atoms with Crippen molar-refractivity contribution in [2.24, 2.45) is 0 Å². The molecule has 0 saturated carbocycles. The van der Waals surface area contributed by atoms with Crippen LogP contribution in [0.25, 0.3) is 13.2 Å². The van der Waals surface area contributed by atoms with E-state index in [0.717, 1.165) is 11.3 Å². The highest BCUT2D eigenvalue weighted by atomic mass is 32.1. The summed E-state index contributed by atoms with van der Waals surface area (Å²) in [5.74, 6) is 0. The van der Waals surface area contributed by atoms with Gasteiger partial charge in [0.15, 0.2) is 0 Å². The quantitative estimate of drug-likeness (QED) is 0.635. The molecule has 0 atom stereocenters. The number of hydrogen-bond donors (Lipinski definition) is 0. The summed E-state index contributed by atoms with van der Waals surface area (Å²) in [5, 5.41) is 0.583. The van der Waals surface area contributed by atoms with Gasteiger partial charge in [0.1, 0.15) is 0 Å². The second-order valence-electron chi connectivity index (χ2n) is 2.45. The maximum Gasteiger partial charge on any atom is 0.393 e. The first-order valence-corrected chi connectivity index (χ1v) is 4.03. The molecule has 0 aliphatic rings. The molecule has 0 aromatic carbocycles. The maximum atomic E-state index is 11.8. The summed E-state index contributed by atoms with van der Waals surface area (Å²) in [6, 6.07) is 1.43. The van der Waals surface area contributed by atoms with Crippen molar-refractivity contribution in [1.29, 1.82) is 0 Å². The molecule has 0 fully saturated rings. The van der Waals surface area contributed by atoms with Gasteiger partial charge in [0.25, 0.3) is 0 Å². The van der Waals surface area contributed by atoms with Crippen LogP contribution in [-0.2, 0) is 6.42 Å². The molecule has 0 unspecified atom stereocenters. The second kappa shape index (κ2) is 2.94. The van der Waals surface area contributed by atoms with E-state index in [1.165, 1.54) is 6.07 Å². The van der Waals surface area contributed by atoms with Crippen LogP contribution in [-0.4, -0.2) is 6.18 Å². The Kier molecular flexibility index (Phi) is 2.28. The van der Waals surface area contributed by atoms with E-state index in [2.05, 4.69) is 13.2 Å². The smallest absolute Gasteiger partial charge is 0.171 e. The largest absolute Gasteiger partial charge is 0.393 e. The zero-order valence-corrected chi connectivity index (χ0v) is 7.06. The molecule has 0 aliphatic carbocycles. The first-order chi connectivity index (χ1) is 5.38. The molecule has 0 saturated heterocycles. The van der Waals surface area contributed by atoms with Gasteiger partial charge >= 0.3 is 6.18 Å². The molecule has 1 rings (SSSR count). The van der Waals surface area contributed by atoms with E-state index in [-0.39, 0.29) is 4.88 Å². The summed E-state index contributed by atoms with van der Waals surface area (Å²) in [6.07, 6.45) is -5.01. The van der Waals surface area contributed by atoms with E-state index in [1.807, 2.05) is 0 Å². The summed E-state index contributed by atoms with van der Waals surface area (Å²) in [4.78, 5) is 0.275. The van der Waals surface area contributed by atoms with E-state index in [0.29, 0.717) is 9.75 Å². The van der Waals surface area contributed by atoms with Crippen molar-refractivity contribution >= 4 is 24.5 Å². The van der Waals surface area contributed by atoms with Crippen LogP contribution in [0, 0.1) is 0 Å². The van der Waals surface area contributed by atoms with E-state index in [1.54, 1.807) is 0 Å². The zero-order valence-electron chi connectivity index (χ0n) is 6.24. The molecule has 0 N–H and O–H groups in total. The van der Waals surface area contributed by atoms with Crippen molar-refractivity contribution < 1.29 is 13.2 Å². The average Bonchev–Trinajstić information content (AvgIpc) is 2.07.